The van der Waals surface area contributed by atoms with Gasteiger partial charge in [0.1, 0.15) is 6.07 Å². The van der Waals surface area contributed by atoms with Crippen LogP contribution in [0.25, 0.3) is 0 Å². The first-order valence-electron chi connectivity index (χ1n) is 7.18. The van der Waals surface area contributed by atoms with Gasteiger partial charge in [0, 0.05) is 19.1 Å². The number of para-hydroxylation sites is 1. The highest BCUT2D eigenvalue weighted by molar-refractivity contribution is 5.59. The Hall–Kier alpha value is -1.53. The molecule has 1 aliphatic rings. The molecule has 1 aliphatic heterocycles. The first kappa shape index (κ1) is 13.9. The molecular formula is C16H23N3. The Labute approximate surface area is 116 Å². The second-order valence-electron chi connectivity index (χ2n) is 5.65. The molecular weight excluding hydrogens is 234 g/mol. The van der Waals surface area contributed by atoms with Crippen molar-refractivity contribution in [3.05, 3.63) is 29.8 Å². The van der Waals surface area contributed by atoms with E-state index in [9.17, 15) is 5.26 Å². The van der Waals surface area contributed by atoms with Crippen LogP contribution in [0, 0.1) is 17.2 Å². The van der Waals surface area contributed by atoms with E-state index in [0.717, 1.165) is 30.9 Å². The van der Waals surface area contributed by atoms with Gasteiger partial charge < -0.3 is 10.2 Å². The van der Waals surface area contributed by atoms with Crippen molar-refractivity contribution in [1.29, 1.82) is 5.26 Å². The number of anilines is 1. The fraction of sp³-hybridized carbons (Fsp3) is 0.562. The van der Waals surface area contributed by atoms with Gasteiger partial charge in [0.05, 0.1) is 11.3 Å². The molecule has 3 heteroatoms. The van der Waals surface area contributed by atoms with Crippen LogP contribution in [-0.4, -0.2) is 25.7 Å². The monoisotopic (exact) mass is 257 g/mol. The topological polar surface area (TPSA) is 39.1 Å². The summed E-state index contributed by atoms with van der Waals surface area (Å²) in [5.41, 5.74) is 1.89. The average molecular weight is 257 g/mol. The molecule has 0 aromatic heterocycles. The van der Waals surface area contributed by atoms with Crippen LogP contribution in [0.3, 0.4) is 0 Å². The molecule has 1 aromatic carbocycles. The highest BCUT2D eigenvalue weighted by Crippen LogP contribution is 2.25. The van der Waals surface area contributed by atoms with Crippen molar-refractivity contribution in [2.75, 3.05) is 24.5 Å². The lowest BCUT2D eigenvalue weighted by Gasteiger charge is -2.35. The maximum atomic E-state index is 9.20. The van der Waals surface area contributed by atoms with Crippen LogP contribution in [0.15, 0.2) is 24.3 Å². The molecule has 1 atom stereocenters. The van der Waals surface area contributed by atoms with Gasteiger partial charge in [-0.05, 0) is 37.4 Å². The van der Waals surface area contributed by atoms with Gasteiger partial charge >= 0.3 is 0 Å². The van der Waals surface area contributed by atoms with E-state index in [1.807, 2.05) is 18.2 Å². The Kier molecular flexibility index (Phi) is 4.81. The first-order chi connectivity index (χ1) is 9.20. The largest absolute Gasteiger partial charge is 0.370 e. The summed E-state index contributed by atoms with van der Waals surface area (Å²) in [6.07, 6.45) is 2.50. The maximum absolute atomic E-state index is 9.20. The summed E-state index contributed by atoms with van der Waals surface area (Å²) in [5.74, 6) is 0.683. The molecule has 0 spiro atoms. The summed E-state index contributed by atoms with van der Waals surface area (Å²) in [6.45, 7) is 7.56. The Bertz CT molecular complexity index is 448. The van der Waals surface area contributed by atoms with Crippen LogP contribution >= 0.6 is 0 Å². The zero-order valence-electron chi connectivity index (χ0n) is 11.9. The summed E-state index contributed by atoms with van der Waals surface area (Å²) in [5, 5.41) is 12.7. The number of nitrogens with zero attached hydrogens (tertiary/aromatic N) is 2. The minimum atomic E-state index is 0.543. The molecule has 2 rings (SSSR count). The van der Waals surface area contributed by atoms with E-state index in [1.54, 1.807) is 0 Å². The number of nitriles is 1. The molecule has 1 heterocycles. The van der Waals surface area contributed by atoms with Gasteiger partial charge in [-0.25, -0.2) is 0 Å². The van der Waals surface area contributed by atoms with E-state index in [4.69, 9.17) is 0 Å². The molecule has 3 nitrogen and oxygen atoms in total. The SMILES string of the molecule is CC(C)NCC1CCCN(c2ccccc2C#N)C1. The molecule has 1 aromatic rings. The fourth-order valence-electron chi connectivity index (χ4n) is 2.70. The van der Waals surface area contributed by atoms with Gasteiger partial charge in [-0.1, -0.05) is 26.0 Å². The Morgan fingerprint density at radius 1 is 1.42 bits per heavy atom. The summed E-state index contributed by atoms with van der Waals surface area (Å²) in [7, 11) is 0. The van der Waals surface area contributed by atoms with E-state index in [-0.39, 0.29) is 0 Å². The smallest absolute Gasteiger partial charge is 0.101 e. The van der Waals surface area contributed by atoms with Crippen LogP contribution in [0.5, 0.6) is 0 Å². The molecule has 1 fully saturated rings. The second kappa shape index (κ2) is 6.58. The molecule has 1 saturated heterocycles. The Morgan fingerprint density at radius 2 is 2.21 bits per heavy atom. The van der Waals surface area contributed by atoms with Gasteiger partial charge in [-0.3, -0.25) is 0 Å². The quantitative estimate of drug-likeness (QED) is 0.901. The number of rotatable bonds is 4. The number of nitrogens with one attached hydrogen (secondary N) is 1. The minimum Gasteiger partial charge on any atom is -0.370 e. The standard InChI is InChI=1S/C16H23N3/c1-13(2)18-11-14-6-5-9-19(12-14)16-8-4-3-7-15(16)10-17/h3-4,7-8,13-14,18H,5-6,9,11-12H2,1-2H3. The van der Waals surface area contributed by atoms with Gasteiger partial charge in [0.15, 0.2) is 0 Å². The fourth-order valence-corrected chi connectivity index (χ4v) is 2.70. The predicted octanol–water partition coefficient (Wildman–Crippen LogP) is 2.77. The lowest BCUT2D eigenvalue weighted by Crippen LogP contribution is -2.41. The van der Waals surface area contributed by atoms with E-state index < -0.39 is 0 Å². The van der Waals surface area contributed by atoms with Crippen molar-refractivity contribution in [2.24, 2.45) is 5.92 Å². The summed E-state index contributed by atoms with van der Waals surface area (Å²) >= 11 is 0. The third-order valence-corrected chi connectivity index (χ3v) is 3.70. The van der Waals surface area contributed by atoms with Crippen molar-refractivity contribution in [1.82, 2.24) is 5.32 Å². The van der Waals surface area contributed by atoms with Crippen LogP contribution in [0.1, 0.15) is 32.3 Å². The number of hydrogen-bond acceptors (Lipinski definition) is 3. The van der Waals surface area contributed by atoms with Crippen LogP contribution in [-0.2, 0) is 0 Å². The van der Waals surface area contributed by atoms with E-state index >= 15 is 0 Å². The van der Waals surface area contributed by atoms with Crippen molar-refractivity contribution in [2.45, 2.75) is 32.7 Å². The second-order valence-corrected chi connectivity index (χ2v) is 5.65. The zero-order valence-corrected chi connectivity index (χ0v) is 11.9. The van der Waals surface area contributed by atoms with Crippen LogP contribution in [0.4, 0.5) is 5.69 Å². The first-order valence-corrected chi connectivity index (χ1v) is 7.18. The van der Waals surface area contributed by atoms with Gasteiger partial charge in [-0.15, -0.1) is 0 Å². The molecule has 0 bridgehead atoms. The third kappa shape index (κ3) is 3.71. The van der Waals surface area contributed by atoms with E-state index in [0.29, 0.717) is 12.0 Å². The van der Waals surface area contributed by atoms with Crippen molar-refractivity contribution < 1.29 is 0 Å². The lowest BCUT2D eigenvalue weighted by atomic mass is 9.96. The number of hydrogen-bond donors (Lipinski definition) is 1. The molecule has 0 amide bonds. The highest BCUT2D eigenvalue weighted by atomic mass is 15.1. The van der Waals surface area contributed by atoms with Crippen LogP contribution < -0.4 is 10.2 Å². The summed E-state index contributed by atoms with van der Waals surface area (Å²) in [4.78, 5) is 2.37. The molecule has 19 heavy (non-hydrogen) atoms. The molecule has 1 unspecified atom stereocenters. The molecule has 0 radical (unpaired) electrons. The summed E-state index contributed by atoms with van der Waals surface area (Å²) in [6, 6.07) is 10.8. The van der Waals surface area contributed by atoms with Crippen molar-refractivity contribution in [3.8, 4) is 6.07 Å². The van der Waals surface area contributed by atoms with E-state index in [1.165, 1.54) is 12.8 Å². The third-order valence-electron chi connectivity index (χ3n) is 3.70. The van der Waals surface area contributed by atoms with E-state index in [2.05, 4.69) is 36.2 Å². The highest BCUT2D eigenvalue weighted by Gasteiger charge is 2.21. The summed E-state index contributed by atoms with van der Waals surface area (Å²) < 4.78 is 0. The number of piperidine rings is 1. The zero-order chi connectivity index (χ0) is 13.7. The molecule has 102 valence electrons. The normalized spacial score (nSPS) is 19.5. The number of benzene rings is 1. The van der Waals surface area contributed by atoms with Crippen molar-refractivity contribution in [3.63, 3.8) is 0 Å². The Morgan fingerprint density at radius 3 is 2.95 bits per heavy atom. The van der Waals surface area contributed by atoms with Gasteiger partial charge in [0.2, 0.25) is 0 Å². The average Bonchev–Trinajstić information content (AvgIpc) is 2.45. The molecule has 0 saturated carbocycles. The maximum Gasteiger partial charge on any atom is 0.101 e. The van der Waals surface area contributed by atoms with Gasteiger partial charge in [0.25, 0.3) is 0 Å². The molecule has 0 aliphatic carbocycles. The van der Waals surface area contributed by atoms with Gasteiger partial charge in [-0.2, -0.15) is 5.26 Å². The molecule has 1 N–H and O–H groups in total. The van der Waals surface area contributed by atoms with Crippen molar-refractivity contribution >= 4 is 5.69 Å². The Balaban J connectivity index is 2.03. The minimum absolute atomic E-state index is 0.543. The predicted molar refractivity (Wildman–Crippen MR) is 79.2 cm³/mol. The van der Waals surface area contributed by atoms with Crippen LogP contribution in [0.2, 0.25) is 0 Å². The lowest BCUT2D eigenvalue weighted by molar-refractivity contribution is 0.379.